The van der Waals surface area contributed by atoms with Crippen molar-refractivity contribution in [2.75, 3.05) is 27.4 Å². The second-order valence-electron chi connectivity index (χ2n) is 4.03. The van der Waals surface area contributed by atoms with E-state index < -0.39 is 6.10 Å². The standard InChI is InChI=1S/C13H20FNO3/c1-17-9-11(16)5-6-15-8-10-3-4-12(18-2)7-13(10)14/h3-4,7,11,15-16H,5-6,8-9H2,1-2H3. The summed E-state index contributed by atoms with van der Waals surface area (Å²) in [6.07, 6.45) is 0.0919. The Balaban J connectivity index is 2.31. The van der Waals surface area contributed by atoms with Crippen LogP contribution in [0, 0.1) is 5.82 Å². The van der Waals surface area contributed by atoms with Crippen molar-refractivity contribution in [1.29, 1.82) is 0 Å². The number of hydrogen-bond acceptors (Lipinski definition) is 4. The minimum atomic E-state index is -0.483. The number of aliphatic hydroxyl groups is 1. The molecule has 0 spiro atoms. The van der Waals surface area contributed by atoms with Gasteiger partial charge in [0.05, 0.1) is 19.8 Å². The number of benzene rings is 1. The Morgan fingerprint density at radius 1 is 1.39 bits per heavy atom. The van der Waals surface area contributed by atoms with E-state index in [2.05, 4.69) is 5.32 Å². The van der Waals surface area contributed by atoms with Crippen LogP contribution in [0.15, 0.2) is 18.2 Å². The van der Waals surface area contributed by atoms with Crippen molar-refractivity contribution in [3.8, 4) is 5.75 Å². The molecule has 0 saturated carbocycles. The smallest absolute Gasteiger partial charge is 0.131 e. The largest absolute Gasteiger partial charge is 0.497 e. The molecule has 0 aliphatic heterocycles. The average molecular weight is 257 g/mol. The monoisotopic (exact) mass is 257 g/mol. The fraction of sp³-hybridized carbons (Fsp3) is 0.538. The minimum absolute atomic E-state index is 0.292. The fourth-order valence-corrected chi connectivity index (χ4v) is 1.57. The molecule has 1 rings (SSSR count). The number of hydrogen-bond donors (Lipinski definition) is 2. The summed E-state index contributed by atoms with van der Waals surface area (Å²) < 4.78 is 23.3. The third-order valence-corrected chi connectivity index (χ3v) is 2.59. The van der Waals surface area contributed by atoms with Gasteiger partial charge in [0.15, 0.2) is 0 Å². The molecular formula is C13H20FNO3. The van der Waals surface area contributed by atoms with E-state index in [1.807, 2.05) is 0 Å². The average Bonchev–Trinajstić information content (AvgIpc) is 2.36. The first-order valence-corrected chi connectivity index (χ1v) is 5.87. The van der Waals surface area contributed by atoms with Crippen molar-refractivity contribution in [1.82, 2.24) is 5.32 Å². The van der Waals surface area contributed by atoms with Crippen LogP contribution in [0.4, 0.5) is 4.39 Å². The van der Waals surface area contributed by atoms with Gasteiger partial charge in [-0.1, -0.05) is 6.07 Å². The molecule has 1 atom stereocenters. The third-order valence-electron chi connectivity index (χ3n) is 2.59. The van der Waals surface area contributed by atoms with Crippen LogP contribution in [0.25, 0.3) is 0 Å². The molecule has 1 aromatic rings. The van der Waals surface area contributed by atoms with E-state index in [0.717, 1.165) is 0 Å². The van der Waals surface area contributed by atoms with Gasteiger partial charge < -0.3 is 19.9 Å². The van der Waals surface area contributed by atoms with Gasteiger partial charge in [0.1, 0.15) is 11.6 Å². The van der Waals surface area contributed by atoms with Gasteiger partial charge in [0, 0.05) is 25.3 Å². The molecule has 18 heavy (non-hydrogen) atoms. The summed E-state index contributed by atoms with van der Waals surface area (Å²) in [6.45, 7) is 1.35. The summed E-state index contributed by atoms with van der Waals surface area (Å²) in [5.41, 5.74) is 0.581. The summed E-state index contributed by atoms with van der Waals surface area (Å²) in [5, 5.41) is 12.5. The van der Waals surface area contributed by atoms with E-state index in [1.54, 1.807) is 19.2 Å². The van der Waals surface area contributed by atoms with Crippen LogP contribution in [-0.4, -0.2) is 38.6 Å². The third kappa shape index (κ3) is 5.00. The van der Waals surface area contributed by atoms with Gasteiger partial charge in [0.25, 0.3) is 0 Å². The van der Waals surface area contributed by atoms with E-state index in [0.29, 0.717) is 37.4 Å². The molecule has 0 heterocycles. The van der Waals surface area contributed by atoms with E-state index in [1.165, 1.54) is 13.2 Å². The van der Waals surface area contributed by atoms with Crippen molar-refractivity contribution in [3.63, 3.8) is 0 Å². The lowest BCUT2D eigenvalue weighted by Crippen LogP contribution is -2.23. The molecule has 0 bridgehead atoms. The van der Waals surface area contributed by atoms with Crippen molar-refractivity contribution in [3.05, 3.63) is 29.6 Å². The highest BCUT2D eigenvalue weighted by Gasteiger charge is 2.05. The first-order valence-electron chi connectivity index (χ1n) is 5.87. The molecular weight excluding hydrogens is 237 g/mol. The highest BCUT2D eigenvalue weighted by molar-refractivity contribution is 5.28. The van der Waals surface area contributed by atoms with Crippen LogP contribution in [0.5, 0.6) is 5.75 Å². The van der Waals surface area contributed by atoms with Crippen LogP contribution < -0.4 is 10.1 Å². The second kappa shape index (κ2) is 8.02. The maximum atomic E-state index is 13.6. The van der Waals surface area contributed by atoms with E-state index in [4.69, 9.17) is 9.47 Å². The van der Waals surface area contributed by atoms with Gasteiger partial charge in [-0.2, -0.15) is 0 Å². The molecule has 102 valence electrons. The molecule has 0 saturated heterocycles. The Morgan fingerprint density at radius 2 is 2.17 bits per heavy atom. The lowest BCUT2D eigenvalue weighted by Gasteiger charge is -2.10. The summed E-state index contributed by atoms with van der Waals surface area (Å²) in [7, 11) is 3.05. The van der Waals surface area contributed by atoms with Gasteiger partial charge in [-0.25, -0.2) is 4.39 Å². The summed E-state index contributed by atoms with van der Waals surface area (Å²) in [6, 6.07) is 4.77. The number of methoxy groups -OCH3 is 2. The van der Waals surface area contributed by atoms with Crippen molar-refractivity contribution in [2.45, 2.75) is 19.1 Å². The van der Waals surface area contributed by atoms with Crippen molar-refractivity contribution < 1.29 is 19.0 Å². The number of aliphatic hydroxyl groups excluding tert-OH is 1. The van der Waals surface area contributed by atoms with Crippen molar-refractivity contribution in [2.24, 2.45) is 0 Å². The molecule has 5 heteroatoms. The van der Waals surface area contributed by atoms with Crippen LogP contribution in [0.3, 0.4) is 0 Å². The molecule has 0 fully saturated rings. The topological polar surface area (TPSA) is 50.7 Å². The maximum absolute atomic E-state index is 13.6. The van der Waals surface area contributed by atoms with Gasteiger partial charge >= 0.3 is 0 Å². The molecule has 0 aromatic heterocycles. The van der Waals surface area contributed by atoms with Crippen LogP contribution >= 0.6 is 0 Å². The molecule has 4 nitrogen and oxygen atoms in total. The van der Waals surface area contributed by atoms with Gasteiger partial charge in [-0.05, 0) is 19.0 Å². The number of ether oxygens (including phenoxy) is 2. The lowest BCUT2D eigenvalue weighted by molar-refractivity contribution is 0.0594. The lowest BCUT2D eigenvalue weighted by atomic mass is 10.2. The van der Waals surface area contributed by atoms with Crippen LogP contribution in [0.1, 0.15) is 12.0 Å². The number of halogens is 1. The molecule has 0 amide bonds. The SMILES string of the molecule is COCC(O)CCNCc1ccc(OC)cc1F. The summed E-state index contributed by atoms with van der Waals surface area (Å²) in [4.78, 5) is 0. The first kappa shape index (κ1) is 14.9. The molecule has 1 aromatic carbocycles. The Labute approximate surface area is 107 Å². The van der Waals surface area contributed by atoms with Crippen LogP contribution in [0.2, 0.25) is 0 Å². The summed E-state index contributed by atoms with van der Waals surface area (Å²) in [5.74, 6) is 0.214. The quantitative estimate of drug-likeness (QED) is 0.690. The van der Waals surface area contributed by atoms with E-state index in [9.17, 15) is 9.50 Å². The zero-order valence-corrected chi connectivity index (χ0v) is 10.8. The highest BCUT2D eigenvalue weighted by atomic mass is 19.1. The predicted molar refractivity (Wildman–Crippen MR) is 67.2 cm³/mol. The Morgan fingerprint density at radius 3 is 2.78 bits per heavy atom. The number of rotatable bonds is 8. The van der Waals surface area contributed by atoms with E-state index >= 15 is 0 Å². The maximum Gasteiger partial charge on any atom is 0.131 e. The fourth-order valence-electron chi connectivity index (χ4n) is 1.57. The Hall–Kier alpha value is -1.17. The minimum Gasteiger partial charge on any atom is -0.497 e. The summed E-state index contributed by atoms with van der Waals surface area (Å²) >= 11 is 0. The molecule has 0 aliphatic rings. The highest BCUT2D eigenvalue weighted by Crippen LogP contribution is 2.15. The molecule has 0 aliphatic carbocycles. The molecule has 0 radical (unpaired) electrons. The second-order valence-corrected chi connectivity index (χ2v) is 4.03. The Bertz CT molecular complexity index is 360. The van der Waals surface area contributed by atoms with Gasteiger partial charge in [-0.3, -0.25) is 0 Å². The van der Waals surface area contributed by atoms with E-state index in [-0.39, 0.29) is 5.82 Å². The van der Waals surface area contributed by atoms with Crippen molar-refractivity contribution >= 4 is 0 Å². The first-order chi connectivity index (χ1) is 8.67. The van der Waals surface area contributed by atoms with Gasteiger partial charge in [0.2, 0.25) is 0 Å². The zero-order valence-electron chi connectivity index (χ0n) is 10.8. The normalized spacial score (nSPS) is 12.4. The number of nitrogens with one attached hydrogen (secondary N) is 1. The molecule has 1 unspecified atom stereocenters. The predicted octanol–water partition coefficient (Wildman–Crippen LogP) is 1.32. The van der Waals surface area contributed by atoms with Crippen LogP contribution in [-0.2, 0) is 11.3 Å². The zero-order chi connectivity index (χ0) is 13.4. The van der Waals surface area contributed by atoms with Gasteiger partial charge in [-0.15, -0.1) is 0 Å². The Kier molecular flexibility index (Phi) is 6.64. The molecule has 2 N–H and O–H groups in total.